The fourth-order valence-corrected chi connectivity index (χ4v) is 1.79. The van der Waals surface area contributed by atoms with Crippen LogP contribution in [-0.2, 0) is 6.54 Å². The molecule has 0 amide bonds. The zero-order chi connectivity index (χ0) is 13.7. The van der Waals surface area contributed by atoms with Crippen molar-refractivity contribution in [2.45, 2.75) is 13.5 Å². The van der Waals surface area contributed by atoms with Crippen LogP contribution in [0.15, 0.2) is 42.6 Å². The molecule has 0 saturated heterocycles. The lowest BCUT2D eigenvalue weighted by atomic mass is 10.0. The number of nitrogens with zero attached hydrogens (tertiary/aromatic N) is 1. The molecule has 2 rings (SSSR count). The van der Waals surface area contributed by atoms with Crippen molar-refractivity contribution in [3.63, 3.8) is 0 Å². The fourth-order valence-electron chi connectivity index (χ4n) is 1.79. The number of ether oxygens (including phenoxy) is 1. The largest absolute Gasteiger partial charge is 0.494 e. The number of nitrogens with two attached hydrogens (primary N) is 1. The summed E-state index contributed by atoms with van der Waals surface area (Å²) in [5.74, 6) is 0.639. The van der Waals surface area contributed by atoms with Crippen molar-refractivity contribution in [1.29, 1.82) is 0 Å². The monoisotopic (exact) mass is 256 g/mol. The minimum Gasteiger partial charge on any atom is -0.494 e. The van der Waals surface area contributed by atoms with Gasteiger partial charge in [-0.3, -0.25) is 9.78 Å². The van der Waals surface area contributed by atoms with Gasteiger partial charge >= 0.3 is 0 Å². The molecule has 0 atom stereocenters. The van der Waals surface area contributed by atoms with E-state index in [0.29, 0.717) is 35.7 Å². The number of hydrogen-bond acceptors (Lipinski definition) is 4. The molecule has 1 aromatic heterocycles. The Morgan fingerprint density at radius 1 is 1.26 bits per heavy atom. The molecule has 0 saturated carbocycles. The molecular weight excluding hydrogens is 240 g/mol. The van der Waals surface area contributed by atoms with E-state index in [-0.39, 0.29) is 5.78 Å². The average Bonchev–Trinajstić information content (AvgIpc) is 2.47. The number of ketones is 1. The van der Waals surface area contributed by atoms with Crippen LogP contribution in [-0.4, -0.2) is 17.4 Å². The number of aromatic nitrogens is 1. The molecule has 0 unspecified atom stereocenters. The van der Waals surface area contributed by atoms with Crippen LogP contribution in [0.4, 0.5) is 0 Å². The molecule has 0 spiro atoms. The second kappa shape index (κ2) is 6.11. The fraction of sp³-hybridized carbons (Fsp3) is 0.200. The van der Waals surface area contributed by atoms with Crippen molar-refractivity contribution in [2.75, 3.05) is 6.61 Å². The second-order valence-electron chi connectivity index (χ2n) is 4.03. The summed E-state index contributed by atoms with van der Waals surface area (Å²) in [6, 6.07) is 10.6. The van der Waals surface area contributed by atoms with Crippen LogP contribution in [0.5, 0.6) is 5.75 Å². The minimum atomic E-state index is -0.0568. The molecule has 0 fully saturated rings. The summed E-state index contributed by atoms with van der Waals surface area (Å²) in [5, 5.41) is 0. The van der Waals surface area contributed by atoms with Gasteiger partial charge in [0.2, 0.25) is 0 Å². The van der Waals surface area contributed by atoms with Crippen LogP contribution in [0.2, 0.25) is 0 Å². The molecule has 0 aliphatic rings. The molecule has 2 N–H and O–H groups in total. The van der Waals surface area contributed by atoms with Gasteiger partial charge in [-0.25, -0.2) is 0 Å². The standard InChI is InChI=1S/C15H16N2O2/c1-2-19-14-5-3-4-11(9-14)15(18)12-6-7-17-13(8-12)10-16/h3-9H,2,10,16H2,1H3. The molecule has 2 aromatic rings. The highest BCUT2D eigenvalue weighted by Crippen LogP contribution is 2.17. The third-order valence-electron chi connectivity index (χ3n) is 2.70. The molecule has 98 valence electrons. The maximum atomic E-state index is 12.3. The Hall–Kier alpha value is -2.20. The summed E-state index contributed by atoms with van der Waals surface area (Å²) in [6.07, 6.45) is 1.60. The van der Waals surface area contributed by atoms with Crippen molar-refractivity contribution in [1.82, 2.24) is 4.98 Å². The van der Waals surface area contributed by atoms with Crippen LogP contribution in [0, 0.1) is 0 Å². The number of carbonyl (C=O) groups excluding carboxylic acids is 1. The highest BCUT2D eigenvalue weighted by atomic mass is 16.5. The Kier molecular flexibility index (Phi) is 4.26. The van der Waals surface area contributed by atoms with Gasteiger partial charge in [-0.2, -0.15) is 0 Å². The highest BCUT2D eigenvalue weighted by Gasteiger charge is 2.10. The van der Waals surface area contributed by atoms with Crippen molar-refractivity contribution in [3.05, 3.63) is 59.4 Å². The lowest BCUT2D eigenvalue weighted by molar-refractivity contribution is 0.103. The zero-order valence-corrected chi connectivity index (χ0v) is 10.8. The van der Waals surface area contributed by atoms with Crippen LogP contribution < -0.4 is 10.5 Å². The predicted octanol–water partition coefficient (Wildman–Crippen LogP) is 2.17. The van der Waals surface area contributed by atoms with Crippen LogP contribution in [0.25, 0.3) is 0 Å². The molecule has 0 aliphatic carbocycles. The first kappa shape index (κ1) is 13.2. The summed E-state index contributed by atoms with van der Waals surface area (Å²) in [7, 11) is 0. The van der Waals surface area contributed by atoms with E-state index in [0.717, 1.165) is 0 Å². The van der Waals surface area contributed by atoms with Gasteiger partial charge in [0.15, 0.2) is 5.78 Å². The quantitative estimate of drug-likeness (QED) is 0.833. The predicted molar refractivity (Wildman–Crippen MR) is 73.2 cm³/mol. The van der Waals surface area contributed by atoms with E-state index in [1.54, 1.807) is 30.5 Å². The molecule has 1 aromatic carbocycles. The van der Waals surface area contributed by atoms with Crippen molar-refractivity contribution >= 4 is 5.78 Å². The van der Waals surface area contributed by atoms with E-state index in [2.05, 4.69) is 4.98 Å². The summed E-state index contributed by atoms with van der Waals surface area (Å²) in [6.45, 7) is 2.80. The van der Waals surface area contributed by atoms with Gasteiger partial charge in [-0.1, -0.05) is 12.1 Å². The van der Waals surface area contributed by atoms with Crippen molar-refractivity contribution in [2.24, 2.45) is 5.73 Å². The summed E-state index contributed by atoms with van der Waals surface area (Å²) in [5.41, 5.74) is 7.41. The van der Waals surface area contributed by atoms with Gasteiger partial charge in [0.1, 0.15) is 5.75 Å². The van der Waals surface area contributed by atoms with E-state index in [1.165, 1.54) is 0 Å². The Bertz CT molecular complexity index is 582. The maximum Gasteiger partial charge on any atom is 0.193 e. The van der Waals surface area contributed by atoms with Gasteiger partial charge in [-0.15, -0.1) is 0 Å². The summed E-state index contributed by atoms with van der Waals surface area (Å²) >= 11 is 0. The molecule has 4 heteroatoms. The molecule has 0 radical (unpaired) electrons. The lowest BCUT2D eigenvalue weighted by Crippen LogP contribution is -2.05. The first-order valence-electron chi connectivity index (χ1n) is 6.17. The number of rotatable bonds is 5. The molecular formula is C15H16N2O2. The lowest BCUT2D eigenvalue weighted by Gasteiger charge is -2.06. The first-order chi connectivity index (χ1) is 9.24. The van der Waals surface area contributed by atoms with E-state index >= 15 is 0 Å². The topological polar surface area (TPSA) is 65.2 Å². The second-order valence-corrected chi connectivity index (χ2v) is 4.03. The normalized spacial score (nSPS) is 10.2. The van der Waals surface area contributed by atoms with E-state index in [4.69, 9.17) is 10.5 Å². The van der Waals surface area contributed by atoms with Crippen molar-refractivity contribution in [3.8, 4) is 5.75 Å². The first-order valence-corrected chi connectivity index (χ1v) is 6.17. The number of hydrogen-bond donors (Lipinski definition) is 1. The van der Waals surface area contributed by atoms with E-state index in [9.17, 15) is 4.79 Å². The SMILES string of the molecule is CCOc1cccc(C(=O)c2ccnc(CN)c2)c1. The Labute approximate surface area is 112 Å². The van der Waals surface area contributed by atoms with Crippen LogP contribution in [0.3, 0.4) is 0 Å². The van der Waals surface area contributed by atoms with Gasteiger partial charge in [0.05, 0.1) is 12.3 Å². The highest BCUT2D eigenvalue weighted by molar-refractivity contribution is 6.09. The third-order valence-corrected chi connectivity index (χ3v) is 2.70. The number of carbonyl (C=O) groups is 1. The van der Waals surface area contributed by atoms with Gasteiger partial charge in [0.25, 0.3) is 0 Å². The maximum absolute atomic E-state index is 12.3. The Morgan fingerprint density at radius 3 is 2.79 bits per heavy atom. The third kappa shape index (κ3) is 3.17. The number of pyridine rings is 1. The van der Waals surface area contributed by atoms with Gasteiger partial charge < -0.3 is 10.5 Å². The van der Waals surface area contributed by atoms with Crippen LogP contribution >= 0.6 is 0 Å². The van der Waals surface area contributed by atoms with E-state index < -0.39 is 0 Å². The minimum absolute atomic E-state index is 0.0568. The molecule has 4 nitrogen and oxygen atoms in total. The number of benzene rings is 1. The van der Waals surface area contributed by atoms with Crippen molar-refractivity contribution < 1.29 is 9.53 Å². The summed E-state index contributed by atoms with van der Waals surface area (Å²) in [4.78, 5) is 16.4. The molecule has 0 aliphatic heterocycles. The van der Waals surface area contributed by atoms with Crippen LogP contribution in [0.1, 0.15) is 28.5 Å². The smallest absolute Gasteiger partial charge is 0.193 e. The molecule has 0 bridgehead atoms. The van der Waals surface area contributed by atoms with Gasteiger partial charge in [0, 0.05) is 23.9 Å². The van der Waals surface area contributed by atoms with E-state index in [1.807, 2.05) is 19.1 Å². The molecule has 1 heterocycles. The zero-order valence-electron chi connectivity index (χ0n) is 10.8. The Balaban J connectivity index is 2.30. The van der Waals surface area contributed by atoms with Gasteiger partial charge in [-0.05, 0) is 31.2 Å². The molecule has 19 heavy (non-hydrogen) atoms. The Morgan fingerprint density at radius 2 is 2.05 bits per heavy atom. The summed E-state index contributed by atoms with van der Waals surface area (Å²) < 4.78 is 5.39. The average molecular weight is 256 g/mol.